The van der Waals surface area contributed by atoms with E-state index in [1.807, 2.05) is 43.3 Å². The van der Waals surface area contributed by atoms with Gasteiger partial charge in [0.1, 0.15) is 11.5 Å². The van der Waals surface area contributed by atoms with Crippen LogP contribution in [0.25, 0.3) is 11.4 Å². The van der Waals surface area contributed by atoms with Gasteiger partial charge in [0.15, 0.2) is 16.8 Å². The highest BCUT2D eigenvalue weighted by Gasteiger charge is 2.22. The quantitative estimate of drug-likeness (QED) is 0.330. The molecule has 1 fully saturated rings. The van der Waals surface area contributed by atoms with Crippen molar-refractivity contribution in [3.8, 4) is 22.9 Å². The molecule has 1 aliphatic heterocycles. The van der Waals surface area contributed by atoms with Gasteiger partial charge in [0.2, 0.25) is 0 Å². The number of methoxy groups -OCH3 is 1. The fourth-order valence-electron chi connectivity index (χ4n) is 3.62. The molecule has 1 aliphatic rings. The molecule has 3 aromatic rings. The van der Waals surface area contributed by atoms with Gasteiger partial charge in [0.25, 0.3) is 0 Å². The van der Waals surface area contributed by atoms with Crippen molar-refractivity contribution in [3.63, 3.8) is 0 Å². The summed E-state index contributed by atoms with van der Waals surface area (Å²) in [6.45, 7) is 3.97. The molecule has 0 aliphatic carbocycles. The molecule has 0 spiro atoms. The van der Waals surface area contributed by atoms with Gasteiger partial charge in [-0.2, -0.15) is 0 Å². The SMILES string of the molecule is CCOc1ccc(C(=O)CSc2nnc(-c3ccc(OC)cc3)n2CC2CCCO2)cc1. The van der Waals surface area contributed by atoms with E-state index in [0.717, 1.165) is 42.3 Å². The molecule has 0 saturated carbocycles. The predicted octanol–water partition coefficient (Wildman–Crippen LogP) is 4.51. The van der Waals surface area contributed by atoms with E-state index in [1.165, 1.54) is 11.8 Å². The van der Waals surface area contributed by atoms with E-state index in [9.17, 15) is 4.79 Å². The summed E-state index contributed by atoms with van der Waals surface area (Å²) in [5.41, 5.74) is 1.60. The van der Waals surface area contributed by atoms with Gasteiger partial charge in [-0.25, -0.2) is 0 Å². The largest absolute Gasteiger partial charge is 0.497 e. The summed E-state index contributed by atoms with van der Waals surface area (Å²) in [6, 6.07) is 15.0. The van der Waals surface area contributed by atoms with Crippen molar-refractivity contribution in [2.75, 3.05) is 26.1 Å². The van der Waals surface area contributed by atoms with Gasteiger partial charge in [-0.05, 0) is 68.3 Å². The number of Topliss-reactive ketones (excluding diaryl/α,β-unsaturated/α-hetero) is 1. The number of ether oxygens (including phenoxy) is 3. The second-order valence-electron chi connectivity index (χ2n) is 7.45. The van der Waals surface area contributed by atoms with E-state index >= 15 is 0 Å². The molecule has 2 aromatic carbocycles. The maximum absolute atomic E-state index is 12.7. The number of ketones is 1. The second-order valence-corrected chi connectivity index (χ2v) is 8.39. The number of nitrogens with zero attached hydrogens (tertiary/aromatic N) is 3. The van der Waals surface area contributed by atoms with Crippen molar-refractivity contribution in [1.29, 1.82) is 0 Å². The van der Waals surface area contributed by atoms with Crippen LogP contribution < -0.4 is 9.47 Å². The smallest absolute Gasteiger partial charge is 0.192 e. The van der Waals surface area contributed by atoms with E-state index in [2.05, 4.69) is 14.8 Å². The second kappa shape index (κ2) is 10.7. The first-order valence-corrected chi connectivity index (χ1v) is 11.7. The lowest BCUT2D eigenvalue weighted by atomic mass is 10.1. The Labute approximate surface area is 192 Å². The van der Waals surface area contributed by atoms with E-state index < -0.39 is 0 Å². The lowest BCUT2D eigenvalue weighted by molar-refractivity contribution is 0.0953. The molecular weight excluding hydrogens is 426 g/mol. The van der Waals surface area contributed by atoms with Gasteiger partial charge < -0.3 is 14.2 Å². The van der Waals surface area contributed by atoms with Gasteiger partial charge in [-0.15, -0.1) is 10.2 Å². The molecule has 8 heteroatoms. The van der Waals surface area contributed by atoms with Crippen molar-refractivity contribution in [3.05, 3.63) is 54.1 Å². The molecule has 0 bridgehead atoms. The summed E-state index contributed by atoms with van der Waals surface area (Å²) in [4.78, 5) is 12.7. The Bertz CT molecular complexity index is 1030. The van der Waals surface area contributed by atoms with Gasteiger partial charge >= 0.3 is 0 Å². The Morgan fingerprint density at radius 1 is 1.12 bits per heavy atom. The zero-order valence-corrected chi connectivity index (χ0v) is 19.1. The van der Waals surface area contributed by atoms with Crippen LogP contribution in [0.2, 0.25) is 0 Å². The third-order valence-electron chi connectivity index (χ3n) is 5.29. The third-order valence-corrected chi connectivity index (χ3v) is 6.26. The number of rotatable bonds is 10. The average molecular weight is 454 g/mol. The molecule has 1 unspecified atom stereocenters. The first-order chi connectivity index (χ1) is 15.7. The van der Waals surface area contributed by atoms with Crippen molar-refractivity contribution in [2.45, 2.75) is 37.6 Å². The maximum Gasteiger partial charge on any atom is 0.192 e. The summed E-state index contributed by atoms with van der Waals surface area (Å²) >= 11 is 1.40. The molecule has 4 rings (SSSR count). The molecule has 32 heavy (non-hydrogen) atoms. The van der Waals surface area contributed by atoms with Crippen LogP contribution in [0.4, 0.5) is 0 Å². The Morgan fingerprint density at radius 2 is 1.88 bits per heavy atom. The summed E-state index contributed by atoms with van der Waals surface area (Å²) in [7, 11) is 1.64. The summed E-state index contributed by atoms with van der Waals surface area (Å²) in [5.74, 6) is 2.63. The molecule has 0 N–H and O–H groups in total. The van der Waals surface area contributed by atoms with E-state index in [0.29, 0.717) is 23.9 Å². The number of carbonyl (C=O) groups is 1. The number of hydrogen-bond acceptors (Lipinski definition) is 7. The normalized spacial score (nSPS) is 15.6. The molecule has 168 valence electrons. The first-order valence-electron chi connectivity index (χ1n) is 10.8. The highest BCUT2D eigenvalue weighted by Crippen LogP contribution is 2.28. The Morgan fingerprint density at radius 3 is 2.53 bits per heavy atom. The Kier molecular flexibility index (Phi) is 7.44. The lowest BCUT2D eigenvalue weighted by Gasteiger charge is -2.15. The van der Waals surface area contributed by atoms with Crippen LogP contribution in [0, 0.1) is 0 Å². The van der Waals surface area contributed by atoms with Crippen LogP contribution in [0.1, 0.15) is 30.1 Å². The molecular formula is C24H27N3O4S. The fraction of sp³-hybridized carbons (Fsp3) is 0.375. The molecule has 0 amide bonds. The van der Waals surface area contributed by atoms with Crippen LogP contribution >= 0.6 is 11.8 Å². The monoisotopic (exact) mass is 453 g/mol. The van der Waals surface area contributed by atoms with Crippen LogP contribution in [0.5, 0.6) is 11.5 Å². The number of carbonyl (C=O) groups excluding carboxylic acids is 1. The lowest BCUT2D eigenvalue weighted by Crippen LogP contribution is -2.17. The third kappa shape index (κ3) is 5.31. The molecule has 0 radical (unpaired) electrons. The van der Waals surface area contributed by atoms with Crippen molar-refractivity contribution in [1.82, 2.24) is 14.8 Å². The first kappa shape index (κ1) is 22.4. The van der Waals surface area contributed by atoms with Crippen LogP contribution in [-0.2, 0) is 11.3 Å². The van der Waals surface area contributed by atoms with Crippen LogP contribution in [0.15, 0.2) is 53.7 Å². The fourth-order valence-corrected chi connectivity index (χ4v) is 4.47. The van der Waals surface area contributed by atoms with E-state index in [1.54, 1.807) is 19.2 Å². The Balaban J connectivity index is 1.51. The van der Waals surface area contributed by atoms with E-state index in [4.69, 9.17) is 14.2 Å². The van der Waals surface area contributed by atoms with Crippen molar-refractivity contribution < 1.29 is 19.0 Å². The zero-order chi connectivity index (χ0) is 22.3. The van der Waals surface area contributed by atoms with Crippen LogP contribution in [-0.4, -0.2) is 52.7 Å². The Hall–Kier alpha value is -2.84. The minimum Gasteiger partial charge on any atom is -0.497 e. The number of benzene rings is 2. The minimum absolute atomic E-state index is 0.0377. The van der Waals surface area contributed by atoms with Gasteiger partial charge in [-0.3, -0.25) is 9.36 Å². The minimum atomic E-state index is 0.0377. The predicted molar refractivity (Wildman–Crippen MR) is 124 cm³/mol. The van der Waals surface area contributed by atoms with Gasteiger partial charge in [0, 0.05) is 17.7 Å². The molecule has 1 aromatic heterocycles. The van der Waals surface area contributed by atoms with Crippen molar-refractivity contribution >= 4 is 17.5 Å². The maximum atomic E-state index is 12.7. The van der Waals surface area contributed by atoms with E-state index in [-0.39, 0.29) is 17.6 Å². The molecule has 7 nitrogen and oxygen atoms in total. The highest BCUT2D eigenvalue weighted by molar-refractivity contribution is 7.99. The standard InChI is InChI=1S/C24H27N3O4S/c1-3-30-20-12-6-17(7-13-20)22(28)16-32-24-26-25-23(18-8-10-19(29-2)11-9-18)27(24)15-21-5-4-14-31-21/h6-13,21H,3-5,14-16H2,1-2H3. The van der Waals surface area contributed by atoms with Crippen LogP contribution in [0.3, 0.4) is 0 Å². The van der Waals surface area contributed by atoms with Gasteiger partial charge in [-0.1, -0.05) is 11.8 Å². The zero-order valence-electron chi connectivity index (χ0n) is 18.3. The average Bonchev–Trinajstić information content (AvgIpc) is 3.49. The topological polar surface area (TPSA) is 75.5 Å². The number of thioether (sulfide) groups is 1. The van der Waals surface area contributed by atoms with Crippen molar-refractivity contribution in [2.24, 2.45) is 0 Å². The molecule has 1 saturated heterocycles. The van der Waals surface area contributed by atoms with Gasteiger partial charge in [0.05, 0.1) is 32.1 Å². The number of hydrogen-bond donors (Lipinski definition) is 0. The summed E-state index contributed by atoms with van der Waals surface area (Å²) < 4.78 is 18.6. The summed E-state index contributed by atoms with van der Waals surface area (Å²) in [5, 5.41) is 9.55. The molecule has 2 heterocycles. The summed E-state index contributed by atoms with van der Waals surface area (Å²) in [6.07, 6.45) is 2.20. The molecule has 1 atom stereocenters. The number of aromatic nitrogens is 3. The highest BCUT2D eigenvalue weighted by atomic mass is 32.2.